The van der Waals surface area contributed by atoms with Gasteiger partial charge >= 0.3 is 0 Å². The van der Waals surface area contributed by atoms with Gasteiger partial charge in [-0.3, -0.25) is 9.78 Å². The number of pyridine rings is 1. The van der Waals surface area contributed by atoms with Crippen LogP contribution in [-0.4, -0.2) is 22.8 Å². The number of benzene rings is 1. The van der Waals surface area contributed by atoms with Crippen molar-refractivity contribution in [2.75, 3.05) is 12.8 Å². The predicted molar refractivity (Wildman–Crippen MR) is 84.6 cm³/mol. The van der Waals surface area contributed by atoms with Gasteiger partial charge in [-0.25, -0.2) is 0 Å². The summed E-state index contributed by atoms with van der Waals surface area (Å²) in [6.07, 6.45) is 2.90. The summed E-state index contributed by atoms with van der Waals surface area (Å²) in [5.74, 6) is 0.0480. The minimum Gasteiger partial charge on any atom is -0.397 e. The average Bonchev–Trinajstić information content (AvgIpc) is 2.50. The lowest BCUT2D eigenvalue weighted by molar-refractivity contribution is -0.129. The number of aryl methyl sites for hydroxylation is 1. The monoisotopic (exact) mass is 283 g/mol. The van der Waals surface area contributed by atoms with Crippen LogP contribution in [0.4, 0.5) is 5.69 Å². The summed E-state index contributed by atoms with van der Waals surface area (Å²) in [5, 5.41) is 0. The Morgan fingerprint density at radius 1 is 1.14 bits per heavy atom. The maximum atomic E-state index is 12.2. The number of anilines is 1. The van der Waals surface area contributed by atoms with E-state index in [1.165, 1.54) is 5.56 Å². The molecule has 0 aliphatic heterocycles. The third-order valence-electron chi connectivity index (χ3n) is 3.46. The van der Waals surface area contributed by atoms with Gasteiger partial charge in [0.15, 0.2) is 0 Å². The number of likely N-dealkylation sites (N-methyl/N-ethyl adjacent to an activating group) is 1. The Morgan fingerprint density at radius 2 is 1.81 bits per heavy atom. The highest BCUT2D eigenvalue weighted by Gasteiger charge is 2.11. The molecular formula is C17H21N3O. The normalized spacial score (nSPS) is 10.4. The zero-order valence-corrected chi connectivity index (χ0v) is 12.5. The van der Waals surface area contributed by atoms with Crippen molar-refractivity contribution in [3.05, 3.63) is 59.4 Å². The van der Waals surface area contributed by atoms with Crippen LogP contribution in [0.25, 0.3) is 0 Å². The second-order valence-corrected chi connectivity index (χ2v) is 5.18. The Morgan fingerprint density at radius 3 is 2.38 bits per heavy atom. The van der Waals surface area contributed by atoms with Crippen LogP contribution in [0.2, 0.25) is 0 Å². The van der Waals surface area contributed by atoms with Crippen molar-refractivity contribution in [3.8, 4) is 0 Å². The summed E-state index contributed by atoms with van der Waals surface area (Å²) >= 11 is 0. The second kappa shape index (κ2) is 6.88. The first kappa shape index (κ1) is 15.0. The number of nitrogens with two attached hydrogens (primary N) is 1. The van der Waals surface area contributed by atoms with E-state index in [1.54, 1.807) is 23.2 Å². The fourth-order valence-corrected chi connectivity index (χ4v) is 2.07. The van der Waals surface area contributed by atoms with Gasteiger partial charge in [0.1, 0.15) is 0 Å². The van der Waals surface area contributed by atoms with Gasteiger partial charge in [0.05, 0.1) is 18.3 Å². The number of amides is 1. The van der Waals surface area contributed by atoms with Gasteiger partial charge in [-0.05, 0) is 29.7 Å². The maximum Gasteiger partial charge on any atom is 0.228 e. The van der Waals surface area contributed by atoms with Crippen molar-refractivity contribution in [2.45, 2.75) is 26.3 Å². The van der Waals surface area contributed by atoms with Crippen molar-refractivity contribution < 1.29 is 4.79 Å². The molecule has 0 spiro atoms. The molecule has 4 nitrogen and oxygen atoms in total. The number of rotatable bonds is 5. The SMILES string of the molecule is CCc1ccc(CN(C)C(=O)Cc2ccc(N)cn2)cc1. The van der Waals surface area contributed by atoms with Gasteiger partial charge in [0.2, 0.25) is 5.91 Å². The van der Waals surface area contributed by atoms with Gasteiger partial charge in [-0.1, -0.05) is 31.2 Å². The topological polar surface area (TPSA) is 59.2 Å². The van der Waals surface area contributed by atoms with Crippen LogP contribution in [0, 0.1) is 0 Å². The molecule has 0 saturated heterocycles. The average molecular weight is 283 g/mol. The Bertz CT molecular complexity index is 590. The van der Waals surface area contributed by atoms with Gasteiger partial charge in [0.25, 0.3) is 0 Å². The highest BCUT2D eigenvalue weighted by Crippen LogP contribution is 2.09. The van der Waals surface area contributed by atoms with Crippen LogP contribution in [0.5, 0.6) is 0 Å². The number of carbonyl (C=O) groups is 1. The Hall–Kier alpha value is -2.36. The van der Waals surface area contributed by atoms with Crippen LogP contribution in [0.1, 0.15) is 23.7 Å². The molecule has 0 radical (unpaired) electrons. The minimum absolute atomic E-state index is 0.0480. The second-order valence-electron chi connectivity index (χ2n) is 5.18. The molecule has 4 heteroatoms. The number of nitrogens with zero attached hydrogens (tertiary/aromatic N) is 2. The molecule has 110 valence electrons. The summed E-state index contributed by atoms with van der Waals surface area (Å²) in [6, 6.07) is 11.9. The first-order valence-electron chi connectivity index (χ1n) is 7.10. The smallest absolute Gasteiger partial charge is 0.228 e. The van der Waals surface area contributed by atoms with E-state index in [1.807, 2.05) is 7.05 Å². The van der Waals surface area contributed by atoms with Crippen molar-refractivity contribution >= 4 is 11.6 Å². The fraction of sp³-hybridized carbons (Fsp3) is 0.294. The van der Waals surface area contributed by atoms with Crippen molar-refractivity contribution in [2.24, 2.45) is 0 Å². The number of aromatic nitrogens is 1. The van der Waals surface area contributed by atoms with Crippen LogP contribution < -0.4 is 5.73 Å². The molecule has 0 atom stereocenters. The first-order valence-corrected chi connectivity index (χ1v) is 7.10. The molecule has 1 aromatic carbocycles. The van der Waals surface area contributed by atoms with E-state index in [0.717, 1.165) is 17.7 Å². The van der Waals surface area contributed by atoms with Crippen LogP contribution in [0.3, 0.4) is 0 Å². The molecule has 0 saturated carbocycles. The van der Waals surface area contributed by atoms with E-state index < -0.39 is 0 Å². The van der Waals surface area contributed by atoms with Crippen molar-refractivity contribution in [1.29, 1.82) is 0 Å². The molecule has 1 heterocycles. The van der Waals surface area contributed by atoms with E-state index in [2.05, 4.69) is 36.2 Å². The summed E-state index contributed by atoms with van der Waals surface area (Å²) in [6.45, 7) is 2.74. The largest absolute Gasteiger partial charge is 0.397 e. The van der Waals surface area contributed by atoms with Crippen LogP contribution in [-0.2, 0) is 24.2 Å². The molecule has 0 bridgehead atoms. The van der Waals surface area contributed by atoms with E-state index in [4.69, 9.17) is 5.73 Å². The molecule has 0 aliphatic rings. The molecule has 1 amide bonds. The molecule has 0 aliphatic carbocycles. The summed E-state index contributed by atoms with van der Waals surface area (Å²) < 4.78 is 0. The van der Waals surface area contributed by atoms with Gasteiger partial charge in [-0.15, -0.1) is 0 Å². The molecule has 0 unspecified atom stereocenters. The van der Waals surface area contributed by atoms with Crippen LogP contribution >= 0.6 is 0 Å². The predicted octanol–water partition coefficient (Wildman–Crippen LogP) is 2.43. The highest BCUT2D eigenvalue weighted by molar-refractivity contribution is 5.78. The zero-order chi connectivity index (χ0) is 15.2. The van der Waals surface area contributed by atoms with Crippen LogP contribution in [0.15, 0.2) is 42.6 Å². The molecule has 2 rings (SSSR count). The Kier molecular flexibility index (Phi) is 4.93. The third-order valence-corrected chi connectivity index (χ3v) is 3.46. The zero-order valence-electron chi connectivity index (χ0n) is 12.5. The molecule has 21 heavy (non-hydrogen) atoms. The van der Waals surface area contributed by atoms with E-state index in [9.17, 15) is 4.79 Å². The Labute approximate surface area is 125 Å². The molecule has 2 aromatic rings. The third kappa shape index (κ3) is 4.31. The van der Waals surface area contributed by atoms with E-state index in [-0.39, 0.29) is 5.91 Å². The highest BCUT2D eigenvalue weighted by atomic mass is 16.2. The Balaban J connectivity index is 1.93. The number of hydrogen-bond acceptors (Lipinski definition) is 3. The number of carbonyl (C=O) groups excluding carboxylic acids is 1. The fourth-order valence-electron chi connectivity index (χ4n) is 2.07. The first-order chi connectivity index (χ1) is 10.1. The van der Waals surface area contributed by atoms with Gasteiger partial charge in [0, 0.05) is 19.3 Å². The van der Waals surface area contributed by atoms with E-state index in [0.29, 0.717) is 18.7 Å². The van der Waals surface area contributed by atoms with Crippen molar-refractivity contribution in [3.63, 3.8) is 0 Å². The lowest BCUT2D eigenvalue weighted by Gasteiger charge is -2.17. The molecular weight excluding hydrogens is 262 g/mol. The molecule has 1 aromatic heterocycles. The quantitative estimate of drug-likeness (QED) is 0.916. The maximum absolute atomic E-state index is 12.2. The van der Waals surface area contributed by atoms with Crippen molar-refractivity contribution in [1.82, 2.24) is 9.88 Å². The summed E-state index contributed by atoms with van der Waals surface area (Å²) in [4.78, 5) is 18.1. The summed E-state index contributed by atoms with van der Waals surface area (Å²) in [7, 11) is 1.81. The summed E-state index contributed by atoms with van der Waals surface area (Å²) in [5.41, 5.74) is 9.37. The molecule has 0 fully saturated rings. The lowest BCUT2D eigenvalue weighted by atomic mass is 10.1. The van der Waals surface area contributed by atoms with E-state index >= 15 is 0 Å². The van der Waals surface area contributed by atoms with Gasteiger partial charge in [-0.2, -0.15) is 0 Å². The standard InChI is InChI=1S/C17H21N3O/c1-3-13-4-6-14(7-5-13)12-20(2)17(21)10-16-9-8-15(18)11-19-16/h4-9,11H,3,10,12,18H2,1-2H3. The molecule has 2 N–H and O–H groups in total. The number of hydrogen-bond donors (Lipinski definition) is 1. The van der Waals surface area contributed by atoms with Gasteiger partial charge < -0.3 is 10.6 Å². The minimum atomic E-state index is 0.0480. The number of nitrogen functional groups attached to an aromatic ring is 1. The lowest BCUT2D eigenvalue weighted by Crippen LogP contribution is -2.28.